The Morgan fingerprint density at radius 3 is 0.618 bits per heavy atom. The summed E-state index contributed by atoms with van der Waals surface area (Å²) in [5.41, 5.74) is 0. The van der Waals surface area contributed by atoms with Crippen LogP contribution in [0.3, 0.4) is 0 Å². The van der Waals surface area contributed by atoms with Crippen LogP contribution in [0.1, 0.15) is 491 Å². The zero-order chi connectivity index (χ0) is 80.6. The van der Waals surface area contributed by atoms with Gasteiger partial charge in [-0.25, -0.2) is 9.13 Å². The van der Waals surface area contributed by atoms with Crippen LogP contribution in [-0.2, 0) is 65.4 Å². The van der Waals surface area contributed by atoms with Gasteiger partial charge in [-0.05, 0) is 37.5 Å². The molecule has 0 saturated carbocycles. The van der Waals surface area contributed by atoms with Crippen LogP contribution in [0.15, 0.2) is 0 Å². The molecule has 0 aromatic carbocycles. The van der Waals surface area contributed by atoms with Gasteiger partial charge in [0.1, 0.15) is 19.3 Å². The predicted molar refractivity (Wildman–Crippen MR) is 455 cm³/mol. The van der Waals surface area contributed by atoms with Crippen LogP contribution in [0, 0.1) is 11.8 Å². The third-order valence-corrected chi connectivity index (χ3v) is 23.4. The third kappa shape index (κ3) is 84.0. The van der Waals surface area contributed by atoms with Gasteiger partial charge in [-0.15, -0.1) is 0 Å². The van der Waals surface area contributed by atoms with Crippen LogP contribution in [0.2, 0.25) is 0 Å². The number of rotatable bonds is 90. The molecule has 0 aromatic rings. The molecule has 0 aliphatic rings. The number of carbonyl (C=O) groups is 4. The number of hydrogen-bond donors (Lipinski definition) is 3. The number of aliphatic hydroxyl groups excluding tert-OH is 1. The van der Waals surface area contributed by atoms with E-state index in [0.29, 0.717) is 31.6 Å². The Morgan fingerprint density at radius 2 is 0.418 bits per heavy atom. The number of esters is 4. The van der Waals surface area contributed by atoms with Crippen LogP contribution in [-0.4, -0.2) is 96.7 Å². The highest BCUT2D eigenvalue weighted by atomic mass is 31.2. The quantitative estimate of drug-likeness (QED) is 0.0222. The molecule has 0 heterocycles. The number of phosphoric ester groups is 2. The molecule has 0 amide bonds. The number of carbonyl (C=O) groups excluding carboxylic acids is 4. The monoisotopic (exact) mass is 1610 g/mol. The van der Waals surface area contributed by atoms with Crippen LogP contribution >= 0.6 is 15.6 Å². The standard InChI is InChI=1S/C91H178O17P2/c1-7-9-11-13-15-17-19-21-23-25-27-29-31-33-35-37-42-46-50-56-63-69-75-90(95)107-86(79-101-88(93)73-67-61-55-49-45-41-36-34-32-30-28-26-24-22-20-18-16-14-12-10-8-2)81-105-109(97,98)103-77-85(92)78-104-110(99,100)106-82-87(80-102-89(94)74-68-62-58-52-54-60-66-72-84(5)6)108-91(96)76-70-64-57-51-47-43-39-38-40-44-48-53-59-65-71-83(3)4/h83-87,92H,7-82H2,1-6H3,(H,97,98)(H,99,100)/t85-,86-,87-/m1/s1. The molecule has 0 aliphatic heterocycles. The summed E-state index contributed by atoms with van der Waals surface area (Å²) < 4.78 is 69.0. The summed E-state index contributed by atoms with van der Waals surface area (Å²) in [6.07, 6.45) is 76.7. The number of aliphatic hydroxyl groups is 1. The number of hydrogen-bond acceptors (Lipinski definition) is 15. The van der Waals surface area contributed by atoms with Gasteiger partial charge in [0.15, 0.2) is 12.2 Å². The van der Waals surface area contributed by atoms with Gasteiger partial charge < -0.3 is 33.8 Å². The normalized spacial score (nSPS) is 13.7. The molecular formula is C91H178O17P2. The van der Waals surface area contributed by atoms with Crippen molar-refractivity contribution in [1.29, 1.82) is 0 Å². The zero-order valence-electron chi connectivity index (χ0n) is 72.6. The molecule has 0 spiro atoms. The average Bonchev–Trinajstić information content (AvgIpc) is 0.899. The van der Waals surface area contributed by atoms with E-state index in [9.17, 15) is 43.2 Å². The highest BCUT2D eigenvalue weighted by Gasteiger charge is 2.31. The minimum atomic E-state index is -4.97. The second-order valence-corrected chi connectivity index (χ2v) is 36.6. The first-order chi connectivity index (χ1) is 53.4. The first-order valence-corrected chi connectivity index (χ1v) is 50.0. The molecule has 19 heteroatoms. The SMILES string of the molecule is CCCCCCCCCCCCCCCCCCCCCCCCC(=O)O[C@H](COC(=O)CCCCCCCCCCCCCCCCCCCCCCC)COP(=O)(O)OC[C@@H](O)COP(=O)(O)OC[C@@H](COC(=O)CCCCCCCCCC(C)C)OC(=O)CCCCCCCCCCCCCCCCC(C)C. The van der Waals surface area contributed by atoms with Crippen molar-refractivity contribution in [3.8, 4) is 0 Å². The van der Waals surface area contributed by atoms with Crippen LogP contribution in [0.5, 0.6) is 0 Å². The van der Waals surface area contributed by atoms with Gasteiger partial charge in [-0.3, -0.25) is 37.3 Å². The van der Waals surface area contributed by atoms with E-state index >= 15 is 0 Å². The zero-order valence-corrected chi connectivity index (χ0v) is 74.4. The Bertz CT molecular complexity index is 2100. The van der Waals surface area contributed by atoms with Crippen molar-refractivity contribution in [3.63, 3.8) is 0 Å². The third-order valence-electron chi connectivity index (χ3n) is 21.5. The number of ether oxygens (including phenoxy) is 4. The highest BCUT2D eigenvalue weighted by Crippen LogP contribution is 2.45. The molecular weight excluding hydrogens is 1430 g/mol. The van der Waals surface area contributed by atoms with Gasteiger partial charge in [0.05, 0.1) is 26.4 Å². The molecule has 17 nitrogen and oxygen atoms in total. The van der Waals surface area contributed by atoms with Gasteiger partial charge in [0, 0.05) is 25.7 Å². The van der Waals surface area contributed by atoms with E-state index in [2.05, 4.69) is 41.5 Å². The fraction of sp³-hybridized carbons (Fsp3) is 0.956. The summed E-state index contributed by atoms with van der Waals surface area (Å²) >= 11 is 0. The molecule has 5 atom stereocenters. The summed E-state index contributed by atoms with van der Waals surface area (Å²) in [4.78, 5) is 73.4. The maximum atomic E-state index is 13.2. The van der Waals surface area contributed by atoms with E-state index in [-0.39, 0.29) is 25.7 Å². The molecule has 0 aromatic heterocycles. The minimum absolute atomic E-state index is 0.107. The first-order valence-electron chi connectivity index (χ1n) is 47.0. The molecule has 0 radical (unpaired) electrons. The van der Waals surface area contributed by atoms with Crippen molar-refractivity contribution >= 4 is 39.5 Å². The Balaban J connectivity index is 5.21. The van der Waals surface area contributed by atoms with E-state index in [0.717, 1.165) is 102 Å². The van der Waals surface area contributed by atoms with Crippen molar-refractivity contribution < 1.29 is 80.2 Å². The van der Waals surface area contributed by atoms with Crippen LogP contribution < -0.4 is 0 Å². The van der Waals surface area contributed by atoms with Crippen molar-refractivity contribution in [2.24, 2.45) is 11.8 Å². The maximum Gasteiger partial charge on any atom is 0.472 e. The molecule has 0 saturated heterocycles. The number of unbranched alkanes of at least 4 members (excludes halogenated alkanes) is 60. The molecule has 0 fully saturated rings. The largest absolute Gasteiger partial charge is 0.472 e. The van der Waals surface area contributed by atoms with Crippen LogP contribution in [0.4, 0.5) is 0 Å². The molecule has 2 unspecified atom stereocenters. The average molecular weight is 1610 g/mol. The molecule has 0 aliphatic carbocycles. The van der Waals surface area contributed by atoms with Gasteiger partial charge in [-0.1, -0.05) is 440 Å². The lowest BCUT2D eigenvalue weighted by Crippen LogP contribution is -2.30. The lowest BCUT2D eigenvalue weighted by Gasteiger charge is -2.21. The lowest BCUT2D eigenvalue weighted by atomic mass is 10.0. The van der Waals surface area contributed by atoms with E-state index in [1.807, 2.05) is 0 Å². The van der Waals surface area contributed by atoms with Crippen molar-refractivity contribution in [2.45, 2.75) is 509 Å². The van der Waals surface area contributed by atoms with Gasteiger partial charge >= 0.3 is 39.5 Å². The predicted octanol–water partition coefficient (Wildman–Crippen LogP) is 28.2. The summed E-state index contributed by atoms with van der Waals surface area (Å²) in [7, 11) is -9.93. The molecule has 654 valence electrons. The van der Waals surface area contributed by atoms with E-state index in [4.69, 9.17) is 37.0 Å². The summed E-state index contributed by atoms with van der Waals surface area (Å²) in [5.74, 6) is -0.599. The van der Waals surface area contributed by atoms with E-state index in [1.165, 1.54) is 302 Å². The summed E-state index contributed by atoms with van der Waals surface area (Å²) in [5, 5.41) is 10.7. The Kier molecular flexibility index (Phi) is 80.7. The molecule has 110 heavy (non-hydrogen) atoms. The fourth-order valence-corrected chi connectivity index (χ4v) is 15.9. The second-order valence-electron chi connectivity index (χ2n) is 33.6. The fourth-order valence-electron chi connectivity index (χ4n) is 14.3. The maximum absolute atomic E-state index is 13.2. The molecule has 3 N–H and O–H groups in total. The van der Waals surface area contributed by atoms with Crippen molar-refractivity contribution in [2.75, 3.05) is 39.6 Å². The van der Waals surface area contributed by atoms with Gasteiger partial charge in [-0.2, -0.15) is 0 Å². The minimum Gasteiger partial charge on any atom is -0.462 e. The van der Waals surface area contributed by atoms with Gasteiger partial charge in [0.25, 0.3) is 0 Å². The molecule has 0 bridgehead atoms. The lowest BCUT2D eigenvalue weighted by molar-refractivity contribution is -0.161. The van der Waals surface area contributed by atoms with Crippen LogP contribution in [0.25, 0.3) is 0 Å². The molecule has 0 rings (SSSR count). The number of phosphoric acid groups is 2. The van der Waals surface area contributed by atoms with Crippen molar-refractivity contribution in [1.82, 2.24) is 0 Å². The summed E-state index contributed by atoms with van der Waals surface area (Å²) in [6, 6.07) is 0. The smallest absolute Gasteiger partial charge is 0.462 e. The topological polar surface area (TPSA) is 237 Å². The van der Waals surface area contributed by atoms with Crippen molar-refractivity contribution in [3.05, 3.63) is 0 Å². The first kappa shape index (κ1) is 108. The summed E-state index contributed by atoms with van der Waals surface area (Å²) in [6.45, 7) is 9.66. The second kappa shape index (κ2) is 82.2. The Morgan fingerprint density at radius 1 is 0.245 bits per heavy atom. The Labute approximate surface area is 677 Å². The van der Waals surface area contributed by atoms with E-state index in [1.54, 1.807) is 0 Å². The van der Waals surface area contributed by atoms with Gasteiger partial charge in [0.2, 0.25) is 0 Å². The van der Waals surface area contributed by atoms with E-state index < -0.39 is 97.5 Å². The Hall–Kier alpha value is -1.94. The highest BCUT2D eigenvalue weighted by molar-refractivity contribution is 7.47.